The van der Waals surface area contributed by atoms with E-state index in [-0.39, 0.29) is 12.3 Å². The van der Waals surface area contributed by atoms with Crippen LogP contribution in [0.5, 0.6) is 0 Å². The van der Waals surface area contributed by atoms with Crippen molar-refractivity contribution in [3.8, 4) is 0 Å². The van der Waals surface area contributed by atoms with Gasteiger partial charge in [0.2, 0.25) is 0 Å². The van der Waals surface area contributed by atoms with Crippen molar-refractivity contribution < 1.29 is 34.8 Å². The summed E-state index contributed by atoms with van der Waals surface area (Å²) < 4.78 is 10.6. The van der Waals surface area contributed by atoms with Gasteiger partial charge in [-0.25, -0.2) is 0 Å². The highest BCUT2D eigenvalue weighted by Crippen LogP contribution is 2.22. The first-order valence-electron chi connectivity index (χ1n) is 8.09. The fourth-order valence-corrected chi connectivity index (χ4v) is 2.62. The minimum atomic E-state index is -1.45. The Balaban J connectivity index is 1.71. The van der Waals surface area contributed by atoms with Crippen LogP contribution in [0.3, 0.4) is 0 Å². The molecule has 0 spiro atoms. The lowest BCUT2D eigenvalue weighted by Crippen LogP contribution is -2.59. The topological polar surface area (TPSA) is 143 Å². The molecule has 140 valence electrons. The molecule has 0 aromatic heterocycles. The number of aliphatic hydroxyl groups is 4. The molecule has 25 heavy (non-hydrogen) atoms. The van der Waals surface area contributed by atoms with E-state index in [1.165, 1.54) is 12.1 Å². The second-order valence-corrected chi connectivity index (χ2v) is 5.95. The second-order valence-electron chi connectivity index (χ2n) is 5.95. The standard InChI is InChI=1S/C16H23NO8/c18-9-12-13(19)14(20)15(21)16(25-12)24-8-2-1-3-10-4-6-11(7-5-10)17(22)23/h4-7,12-16,18-21H,1-3,8-9H2/t12-,13-,14+,15-,16-/m1/s1. The molecular weight excluding hydrogens is 334 g/mol. The van der Waals surface area contributed by atoms with Crippen LogP contribution in [0.15, 0.2) is 24.3 Å². The van der Waals surface area contributed by atoms with Gasteiger partial charge in [-0.2, -0.15) is 0 Å². The zero-order valence-electron chi connectivity index (χ0n) is 13.6. The van der Waals surface area contributed by atoms with Gasteiger partial charge in [-0.3, -0.25) is 10.1 Å². The molecule has 0 unspecified atom stereocenters. The third-order valence-electron chi connectivity index (χ3n) is 4.14. The normalized spacial score (nSPS) is 29.5. The maximum absolute atomic E-state index is 10.6. The van der Waals surface area contributed by atoms with Crippen LogP contribution in [-0.4, -0.2) is 69.3 Å². The van der Waals surface area contributed by atoms with E-state index in [0.717, 1.165) is 18.4 Å². The van der Waals surface area contributed by atoms with Crippen molar-refractivity contribution in [2.45, 2.75) is 50.0 Å². The number of aliphatic hydroxyl groups excluding tert-OH is 4. The number of hydrogen-bond acceptors (Lipinski definition) is 8. The SMILES string of the molecule is O=[N+]([O-])c1ccc(CCCCO[C@@H]2O[C@H](CO)[C@@H](O)[C@H](O)[C@H]2O)cc1. The van der Waals surface area contributed by atoms with Gasteiger partial charge in [-0.1, -0.05) is 12.1 Å². The lowest BCUT2D eigenvalue weighted by atomic mass is 9.99. The van der Waals surface area contributed by atoms with Crippen molar-refractivity contribution in [2.24, 2.45) is 0 Å². The summed E-state index contributed by atoms with van der Waals surface area (Å²) in [7, 11) is 0. The molecule has 0 saturated carbocycles. The average molecular weight is 357 g/mol. The molecule has 4 N–H and O–H groups in total. The van der Waals surface area contributed by atoms with Crippen LogP contribution in [0.25, 0.3) is 0 Å². The van der Waals surface area contributed by atoms with Gasteiger partial charge in [0.25, 0.3) is 5.69 Å². The number of hydrogen-bond donors (Lipinski definition) is 4. The summed E-state index contributed by atoms with van der Waals surface area (Å²) in [6.45, 7) is -0.235. The molecule has 1 aliphatic heterocycles. The second kappa shape index (κ2) is 9.18. The zero-order valence-corrected chi connectivity index (χ0v) is 13.6. The Morgan fingerprint density at radius 3 is 2.36 bits per heavy atom. The van der Waals surface area contributed by atoms with E-state index in [9.17, 15) is 25.4 Å². The Kier molecular flexibility index (Phi) is 7.24. The zero-order chi connectivity index (χ0) is 18.4. The molecule has 2 rings (SSSR count). The van der Waals surface area contributed by atoms with Crippen molar-refractivity contribution in [1.29, 1.82) is 0 Å². The largest absolute Gasteiger partial charge is 0.394 e. The van der Waals surface area contributed by atoms with Gasteiger partial charge in [0.1, 0.15) is 24.4 Å². The monoisotopic (exact) mass is 357 g/mol. The molecule has 5 atom stereocenters. The molecule has 9 nitrogen and oxygen atoms in total. The van der Waals surface area contributed by atoms with Gasteiger partial charge in [0, 0.05) is 18.7 Å². The Labute approximate surface area is 144 Å². The first-order chi connectivity index (χ1) is 11.9. The molecule has 0 amide bonds. The van der Waals surface area contributed by atoms with Gasteiger partial charge in [0.05, 0.1) is 11.5 Å². The van der Waals surface area contributed by atoms with Crippen LogP contribution in [0.4, 0.5) is 5.69 Å². The predicted octanol–water partition coefficient (Wildman–Crippen LogP) is -0.266. The summed E-state index contributed by atoms with van der Waals surface area (Å²) in [6.07, 6.45) is -4.22. The highest BCUT2D eigenvalue weighted by molar-refractivity contribution is 5.32. The van der Waals surface area contributed by atoms with Crippen LogP contribution in [0.1, 0.15) is 18.4 Å². The summed E-state index contributed by atoms with van der Waals surface area (Å²) in [4.78, 5) is 10.1. The third-order valence-corrected chi connectivity index (χ3v) is 4.14. The number of non-ortho nitro benzene ring substituents is 1. The predicted molar refractivity (Wildman–Crippen MR) is 85.8 cm³/mol. The number of unbranched alkanes of at least 4 members (excludes halogenated alkanes) is 1. The third kappa shape index (κ3) is 5.18. The van der Waals surface area contributed by atoms with Crippen molar-refractivity contribution in [2.75, 3.05) is 13.2 Å². The summed E-state index contributed by atoms with van der Waals surface area (Å²) in [5, 5.41) is 48.8. The Bertz CT molecular complexity index is 550. The highest BCUT2D eigenvalue weighted by atomic mass is 16.7. The smallest absolute Gasteiger partial charge is 0.269 e. The van der Waals surface area contributed by atoms with Gasteiger partial charge >= 0.3 is 0 Å². The van der Waals surface area contributed by atoms with E-state index in [2.05, 4.69) is 0 Å². The summed E-state index contributed by atoms with van der Waals surface area (Å²) in [5.41, 5.74) is 1.02. The van der Waals surface area contributed by atoms with Crippen LogP contribution in [0.2, 0.25) is 0 Å². The highest BCUT2D eigenvalue weighted by Gasteiger charge is 2.43. The number of nitro groups is 1. The quantitative estimate of drug-likeness (QED) is 0.283. The number of rotatable bonds is 8. The molecule has 1 saturated heterocycles. The number of ether oxygens (including phenoxy) is 2. The number of aryl methyl sites for hydroxylation is 1. The molecular formula is C16H23NO8. The lowest BCUT2D eigenvalue weighted by molar-refractivity contribution is -0.384. The van der Waals surface area contributed by atoms with Crippen molar-refractivity contribution in [3.63, 3.8) is 0 Å². The van der Waals surface area contributed by atoms with Crippen LogP contribution in [-0.2, 0) is 15.9 Å². The fourth-order valence-electron chi connectivity index (χ4n) is 2.62. The Morgan fingerprint density at radius 2 is 1.76 bits per heavy atom. The molecule has 1 aliphatic rings. The first-order valence-corrected chi connectivity index (χ1v) is 8.09. The molecule has 0 bridgehead atoms. The lowest BCUT2D eigenvalue weighted by Gasteiger charge is -2.39. The van der Waals surface area contributed by atoms with E-state index >= 15 is 0 Å². The van der Waals surface area contributed by atoms with Crippen molar-refractivity contribution in [3.05, 3.63) is 39.9 Å². The van der Waals surface area contributed by atoms with Crippen LogP contribution < -0.4 is 0 Å². The Morgan fingerprint density at radius 1 is 1.08 bits per heavy atom. The molecule has 1 fully saturated rings. The van der Waals surface area contributed by atoms with Gasteiger partial charge < -0.3 is 29.9 Å². The van der Waals surface area contributed by atoms with E-state index in [1.807, 2.05) is 0 Å². The van der Waals surface area contributed by atoms with Gasteiger partial charge in [-0.15, -0.1) is 0 Å². The molecule has 9 heteroatoms. The maximum atomic E-state index is 10.6. The van der Waals surface area contributed by atoms with E-state index in [0.29, 0.717) is 6.42 Å². The summed E-state index contributed by atoms with van der Waals surface area (Å²) in [5.74, 6) is 0. The maximum Gasteiger partial charge on any atom is 0.269 e. The minimum absolute atomic E-state index is 0.0506. The summed E-state index contributed by atoms with van der Waals surface area (Å²) in [6, 6.07) is 6.33. The average Bonchev–Trinajstić information content (AvgIpc) is 2.61. The van der Waals surface area contributed by atoms with E-state index in [4.69, 9.17) is 14.6 Å². The molecule has 1 aromatic carbocycles. The van der Waals surface area contributed by atoms with Crippen molar-refractivity contribution in [1.82, 2.24) is 0 Å². The summed E-state index contributed by atoms with van der Waals surface area (Å²) >= 11 is 0. The fraction of sp³-hybridized carbons (Fsp3) is 0.625. The number of benzene rings is 1. The van der Waals surface area contributed by atoms with E-state index in [1.54, 1.807) is 12.1 Å². The van der Waals surface area contributed by atoms with Crippen molar-refractivity contribution >= 4 is 5.69 Å². The molecule has 1 aromatic rings. The number of nitrogens with zero attached hydrogens (tertiary/aromatic N) is 1. The van der Waals surface area contributed by atoms with Gasteiger partial charge in [0.15, 0.2) is 6.29 Å². The molecule has 0 radical (unpaired) electrons. The van der Waals surface area contributed by atoms with Gasteiger partial charge in [-0.05, 0) is 24.8 Å². The van der Waals surface area contributed by atoms with Crippen LogP contribution in [0, 0.1) is 10.1 Å². The van der Waals surface area contributed by atoms with Crippen LogP contribution >= 0.6 is 0 Å². The first kappa shape index (κ1) is 19.7. The Hall–Kier alpha value is -1.62. The minimum Gasteiger partial charge on any atom is -0.394 e. The van der Waals surface area contributed by atoms with E-state index < -0.39 is 42.2 Å². The molecule has 0 aliphatic carbocycles. The molecule has 1 heterocycles. The number of nitro benzene ring substituents is 1.